The van der Waals surface area contributed by atoms with Crippen LogP contribution in [0.4, 0.5) is 0 Å². The quantitative estimate of drug-likeness (QED) is 0.898. The highest BCUT2D eigenvalue weighted by molar-refractivity contribution is 5.51. The molecule has 1 aliphatic carbocycles. The second-order valence-corrected chi connectivity index (χ2v) is 6.51. The van der Waals surface area contributed by atoms with Crippen LogP contribution in [0.5, 0.6) is 11.5 Å². The number of fused-ring (bicyclic) bond motifs is 1. The Balaban J connectivity index is 2.07. The molecule has 1 fully saturated rings. The molecule has 122 valence electrons. The molecular weight excluding hydrogens is 278 g/mol. The van der Waals surface area contributed by atoms with Crippen molar-refractivity contribution in [1.82, 2.24) is 5.32 Å². The van der Waals surface area contributed by atoms with E-state index in [1.54, 1.807) is 14.2 Å². The molecule has 4 heteroatoms. The Labute approximate surface area is 132 Å². The van der Waals surface area contributed by atoms with Crippen molar-refractivity contribution in [1.29, 1.82) is 0 Å². The fourth-order valence-corrected chi connectivity index (χ4v) is 4.29. The summed E-state index contributed by atoms with van der Waals surface area (Å²) >= 11 is 0. The van der Waals surface area contributed by atoms with Crippen molar-refractivity contribution >= 4 is 0 Å². The molecule has 0 radical (unpaired) electrons. The van der Waals surface area contributed by atoms with Gasteiger partial charge in [-0.2, -0.15) is 0 Å². The van der Waals surface area contributed by atoms with Crippen molar-refractivity contribution in [2.75, 3.05) is 27.4 Å². The minimum Gasteiger partial charge on any atom is -0.493 e. The highest BCUT2D eigenvalue weighted by atomic mass is 16.5. The predicted octanol–water partition coefficient (Wildman–Crippen LogP) is 2.62. The van der Waals surface area contributed by atoms with Crippen LogP contribution < -0.4 is 14.8 Å². The first-order valence-corrected chi connectivity index (χ1v) is 8.36. The zero-order chi connectivity index (χ0) is 15.6. The van der Waals surface area contributed by atoms with Crippen LogP contribution in [0.1, 0.15) is 43.2 Å². The van der Waals surface area contributed by atoms with Gasteiger partial charge in [0.15, 0.2) is 11.5 Å². The number of nitrogens with one attached hydrogen (secondary N) is 1. The molecule has 2 aliphatic rings. The molecule has 4 nitrogen and oxygen atoms in total. The van der Waals surface area contributed by atoms with Gasteiger partial charge in [-0.15, -0.1) is 0 Å². The Morgan fingerprint density at radius 3 is 2.45 bits per heavy atom. The number of hydrogen-bond acceptors (Lipinski definition) is 4. The normalized spacial score (nSPS) is 25.6. The van der Waals surface area contributed by atoms with E-state index >= 15 is 0 Å². The second-order valence-electron chi connectivity index (χ2n) is 6.51. The maximum atomic E-state index is 10.3. The third-order valence-electron chi connectivity index (χ3n) is 5.48. The van der Waals surface area contributed by atoms with Crippen LogP contribution in [0.3, 0.4) is 0 Å². The molecule has 22 heavy (non-hydrogen) atoms. The molecule has 1 atom stereocenters. The Morgan fingerprint density at radius 2 is 1.82 bits per heavy atom. The molecule has 0 saturated heterocycles. The van der Waals surface area contributed by atoms with Crippen molar-refractivity contribution in [3.8, 4) is 11.5 Å². The van der Waals surface area contributed by atoms with Gasteiger partial charge in [0.05, 0.1) is 26.4 Å². The molecular formula is C18H27NO3. The summed E-state index contributed by atoms with van der Waals surface area (Å²) in [5.41, 5.74) is 2.15. The van der Waals surface area contributed by atoms with Gasteiger partial charge in [-0.3, -0.25) is 0 Å². The van der Waals surface area contributed by atoms with Crippen LogP contribution in [-0.4, -0.2) is 32.5 Å². The second kappa shape index (κ2) is 6.47. The van der Waals surface area contributed by atoms with Crippen molar-refractivity contribution in [3.63, 3.8) is 0 Å². The summed E-state index contributed by atoms with van der Waals surface area (Å²) in [7, 11) is 3.34. The minimum absolute atomic E-state index is 0.139. The average Bonchev–Trinajstić information content (AvgIpc) is 2.60. The Kier molecular flexibility index (Phi) is 4.59. The van der Waals surface area contributed by atoms with Gasteiger partial charge in [-0.05, 0) is 48.4 Å². The van der Waals surface area contributed by atoms with Gasteiger partial charge in [-0.25, -0.2) is 0 Å². The minimum atomic E-state index is -0.326. The predicted molar refractivity (Wildman–Crippen MR) is 86.6 cm³/mol. The maximum absolute atomic E-state index is 10.3. The third kappa shape index (κ3) is 2.48. The first kappa shape index (κ1) is 15.6. The van der Waals surface area contributed by atoms with Crippen molar-refractivity contribution < 1.29 is 14.6 Å². The molecule has 1 saturated carbocycles. The van der Waals surface area contributed by atoms with Crippen molar-refractivity contribution in [2.45, 2.75) is 44.1 Å². The van der Waals surface area contributed by atoms with Gasteiger partial charge >= 0.3 is 0 Å². The average molecular weight is 305 g/mol. The van der Waals surface area contributed by atoms with E-state index in [1.807, 2.05) is 0 Å². The van der Waals surface area contributed by atoms with Gasteiger partial charge in [0, 0.05) is 6.54 Å². The number of methoxy groups -OCH3 is 2. The first-order valence-electron chi connectivity index (χ1n) is 8.36. The fraction of sp³-hybridized carbons (Fsp3) is 0.667. The molecule has 2 N–H and O–H groups in total. The number of hydrogen-bond donors (Lipinski definition) is 2. The van der Waals surface area contributed by atoms with Crippen LogP contribution in [-0.2, 0) is 12.0 Å². The van der Waals surface area contributed by atoms with Gasteiger partial charge < -0.3 is 19.9 Å². The van der Waals surface area contributed by atoms with Crippen molar-refractivity contribution in [3.05, 3.63) is 23.3 Å². The van der Waals surface area contributed by atoms with Gasteiger partial charge in [0.2, 0.25) is 0 Å². The SMILES string of the molecule is COc1cc2c(cc1OC)[C@](CO)(C1CCCCC1)NCC2. The Morgan fingerprint density at radius 1 is 1.14 bits per heavy atom. The van der Waals surface area contributed by atoms with E-state index in [2.05, 4.69) is 17.4 Å². The summed E-state index contributed by atoms with van der Waals surface area (Å²) in [6, 6.07) is 4.16. The van der Waals surface area contributed by atoms with Gasteiger partial charge in [0.25, 0.3) is 0 Å². The third-order valence-corrected chi connectivity index (χ3v) is 5.48. The lowest BCUT2D eigenvalue weighted by atomic mass is 9.68. The van der Waals surface area contributed by atoms with E-state index in [0.717, 1.165) is 24.5 Å². The van der Waals surface area contributed by atoms with Gasteiger partial charge in [-0.1, -0.05) is 19.3 Å². The Hall–Kier alpha value is -1.26. The number of aliphatic hydroxyl groups is 1. The van der Waals surface area contributed by atoms with Gasteiger partial charge in [0.1, 0.15) is 0 Å². The van der Waals surface area contributed by atoms with E-state index in [4.69, 9.17) is 9.47 Å². The van der Waals surface area contributed by atoms with E-state index in [9.17, 15) is 5.11 Å². The van der Waals surface area contributed by atoms with E-state index in [-0.39, 0.29) is 12.1 Å². The summed E-state index contributed by atoms with van der Waals surface area (Å²) in [5.74, 6) is 2.01. The highest BCUT2D eigenvalue weighted by Gasteiger charge is 2.43. The smallest absolute Gasteiger partial charge is 0.161 e. The van der Waals surface area contributed by atoms with Crippen molar-refractivity contribution in [2.24, 2.45) is 5.92 Å². The summed E-state index contributed by atoms with van der Waals surface area (Å²) in [5, 5.41) is 13.9. The standard InChI is InChI=1S/C18H27NO3/c1-21-16-10-13-8-9-19-18(12-20,14-6-4-3-5-7-14)15(13)11-17(16)22-2/h10-11,14,19-20H,3-9,12H2,1-2H3/t18-/m0/s1. The molecule has 0 spiro atoms. The van der Waals surface area contributed by atoms with Crippen LogP contribution in [0.15, 0.2) is 12.1 Å². The molecule has 1 aliphatic heterocycles. The molecule has 0 bridgehead atoms. The topological polar surface area (TPSA) is 50.7 Å². The first-order chi connectivity index (χ1) is 10.7. The number of aliphatic hydroxyl groups excluding tert-OH is 1. The highest BCUT2D eigenvalue weighted by Crippen LogP contribution is 2.45. The molecule has 0 aromatic heterocycles. The lowest BCUT2D eigenvalue weighted by molar-refractivity contribution is 0.0730. The molecule has 1 aromatic carbocycles. The largest absolute Gasteiger partial charge is 0.493 e. The fourth-order valence-electron chi connectivity index (χ4n) is 4.29. The Bertz CT molecular complexity index is 525. The number of ether oxygens (including phenoxy) is 2. The number of benzene rings is 1. The molecule has 3 rings (SSSR count). The van der Waals surface area contributed by atoms with Crippen LogP contribution in [0, 0.1) is 5.92 Å². The summed E-state index contributed by atoms with van der Waals surface area (Å²) in [6.45, 7) is 1.04. The molecule has 1 aromatic rings. The monoisotopic (exact) mass is 305 g/mol. The summed E-state index contributed by atoms with van der Waals surface area (Å²) < 4.78 is 10.9. The van der Waals surface area contributed by atoms with Crippen LogP contribution in [0.2, 0.25) is 0 Å². The zero-order valence-corrected chi connectivity index (χ0v) is 13.7. The zero-order valence-electron chi connectivity index (χ0n) is 13.7. The van der Waals surface area contributed by atoms with Crippen LogP contribution >= 0.6 is 0 Å². The lowest BCUT2D eigenvalue weighted by Gasteiger charge is -2.46. The maximum Gasteiger partial charge on any atom is 0.161 e. The summed E-state index contributed by atoms with van der Waals surface area (Å²) in [6.07, 6.45) is 7.16. The van der Waals surface area contributed by atoms with E-state index < -0.39 is 0 Å². The summed E-state index contributed by atoms with van der Waals surface area (Å²) in [4.78, 5) is 0. The van der Waals surface area contributed by atoms with E-state index in [1.165, 1.54) is 43.2 Å². The molecule has 0 amide bonds. The molecule has 0 unspecified atom stereocenters. The van der Waals surface area contributed by atoms with E-state index in [0.29, 0.717) is 5.92 Å². The number of rotatable bonds is 4. The van der Waals surface area contributed by atoms with Crippen LogP contribution in [0.25, 0.3) is 0 Å². The lowest BCUT2D eigenvalue weighted by Crippen LogP contribution is -2.55. The molecule has 1 heterocycles.